The normalized spacial score (nSPS) is 12.6. The van der Waals surface area contributed by atoms with Crippen molar-refractivity contribution in [1.29, 1.82) is 0 Å². The van der Waals surface area contributed by atoms with Crippen LogP contribution < -0.4 is 0 Å². The van der Waals surface area contributed by atoms with Crippen LogP contribution in [0.2, 0.25) is 0 Å². The summed E-state index contributed by atoms with van der Waals surface area (Å²) < 4.78 is 28.2. The van der Waals surface area contributed by atoms with E-state index in [1.54, 1.807) is 0 Å². The molecule has 1 aromatic rings. The predicted molar refractivity (Wildman–Crippen MR) is 73.2 cm³/mol. The molecule has 102 valence electrons. The van der Waals surface area contributed by atoms with E-state index >= 15 is 0 Å². The predicted octanol–water partition coefficient (Wildman–Crippen LogP) is 5.51. The molecule has 1 aromatic carbocycles. The zero-order chi connectivity index (χ0) is 14.2. The summed E-state index contributed by atoms with van der Waals surface area (Å²) in [6.45, 7) is 13.9. The second kappa shape index (κ2) is 4.99. The molecule has 0 aliphatic carbocycles. The highest BCUT2D eigenvalue weighted by Gasteiger charge is 2.29. The van der Waals surface area contributed by atoms with Crippen molar-refractivity contribution >= 4 is 0 Å². The molecule has 0 saturated carbocycles. The second-order valence-electron chi connectivity index (χ2n) is 6.60. The van der Waals surface area contributed by atoms with Gasteiger partial charge in [0.05, 0.1) is 0 Å². The molecule has 0 N–H and O–H groups in total. The molecule has 1 rings (SSSR count). The Hall–Kier alpha value is -0.920. The first-order valence-corrected chi connectivity index (χ1v) is 6.59. The zero-order valence-corrected chi connectivity index (χ0v) is 12.5. The Balaban J connectivity index is 3.78. The van der Waals surface area contributed by atoms with Crippen LogP contribution in [0.3, 0.4) is 0 Å². The van der Waals surface area contributed by atoms with E-state index in [2.05, 4.69) is 0 Å². The first-order chi connectivity index (χ1) is 8.07. The Morgan fingerprint density at radius 1 is 0.833 bits per heavy atom. The quantitative estimate of drug-likeness (QED) is 0.653. The van der Waals surface area contributed by atoms with Crippen molar-refractivity contribution in [2.24, 2.45) is 0 Å². The summed E-state index contributed by atoms with van der Waals surface area (Å²) in [5, 5.41) is 0. The van der Waals surface area contributed by atoms with Gasteiger partial charge in [0.2, 0.25) is 0 Å². The van der Waals surface area contributed by atoms with Gasteiger partial charge in [0, 0.05) is 6.07 Å². The van der Waals surface area contributed by atoms with Crippen LogP contribution in [0, 0.1) is 11.6 Å². The van der Waals surface area contributed by atoms with Crippen molar-refractivity contribution < 1.29 is 8.78 Å². The van der Waals surface area contributed by atoms with Crippen LogP contribution in [0.1, 0.15) is 77.0 Å². The van der Waals surface area contributed by atoms with Crippen LogP contribution in [0.4, 0.5) is 8.78 Å². The lowest BCUT2D eigenvalue weighted by Crippen LogP contribution is -2.21. The third-order valence-electron chi connectivity index (χ3n) is 3.21. The fourth-order valence-corrected chi connectivity index (χ4v) is 2.59. The summed E-state index contributed by atoms with van der Waals surface area (Å²) in [5.41, 5.74) is 1.90. The molecule has 18 heavy (non-hydrogen) atoms. The van der Waals surface area contributed by atoms with Crippen molar-refractivity contribution in [1.82, 2.24) is 0 Å². The van der Waals surface area contributed by atoms with Crippen molar-refractivity contribution in [3.05, 3.63) is 34.4 Å². The minimum atomic E-state index is -0.420. The Labute approximate surface area is 109 Å². The van der Waals surface area contributed by atoms with Gasteiger partial charge in [-0.05, 0) is 33.9 Å². The van der Waals surface area contributed by atoms with Gasteiger partial charge >= 0.3 is 0 Å². The van der Waals surface area contributed by atoms with Gasteiger partial charge in [-0.3, -0.25) is 0 Å². The number of rotatable bonds is 2. The SMILES string of the molecule is CC(C)c1c(F)cc(F)c(C(C)C)c1C(C)(C)C. The van der Waals surface area contributed by atoms with Gasteiger partial charge < -0.3 is 0 Å². The monoisotopic (exact) mass is 254 g/mol. The van der Waals surface area contributed by atoms with E-state index in [4.69, 9.17) is 0 Å². The standard InChI is InChI=1S/C16H24F2/c1-9(2)13-11(17)8-12(18)14(10(3)4)15(13)16(5,6)7/h8-10H,1-7H3. The van der Waals surface area contributed by atoms with Crippen LogP contribution in [-0.2, 0) is 5.41 Å². The second-order valence-corrected chi connectivity index (χ2v) is 6.60. The van der Waals surface area contributed by atoms with Crippen molar-refractivity contribution in [3.8, 4) is 0 Å². The van der Waals surface area contributed by atoms with Crippen molar-refractivity contribution in [3.63, 3.8) is 0 Å². The molecule has 0 bridgehead atoms. The van der Waals surface area contributed by atoms with E-state index in [-0.39, 0.29) is 17.3 Å². The first kappa shape index (κ1) is 15.1. The number of hydrogen-bond donors (Lipinski definition) is 0. The third-order valence-corrected chi connectivity index (χ3v) is 3.21. The largest absolute Gasteiger partial charge is 0.207 e. The van der Waals surface area contributed by atoms with Crippen LogP contribution in [-0.4, -0.2) is 0 Å². The van der Waals surface area contributed by atoms with E-state index in [1.165, 1.54) is 0 Å². The van der Waals surface area contributed by atoms with Crippen LogP contribution >= 0.6 is 0 Å². The number of halogens is 2. The van der Waals surface area contributed by atoms with Gasteiger partial charge in [0.15, 0.2) is 0 Å². The van der Waals surface area contributed by atoms with E-state index < -0.39 is 11.6 Å². The average molecular weight is 254 g/mol. The topological polar surface area (TPSA) is 0 Å². The summed E-state index contributed by atoms with van der Waals surface area (Å²) in [5.74, 6) is -0.733. The fourth-order valence-electron chi connectivity index (χ4n) is 2.59. The lowest BCUT2D eigenvalue weighted by Gasteiger charge is -2.30. The van der Waals surface area contributed by atoms with Gasteiger partial charge in [-0.2, -0.15) is 0 Å². The molecule has 0 saturated heterocycles. The molecule has 0 nitrogen and oxygen atoms in total. The van der Waals surface area contributed by atoms with Gasteiger partial charge in [0.1, 0.15) is 11.6 Å². The summed E-state index contributed by atoms with van der Waals surface area (Å²) in [7, 11) is 0. The highest BCUT2D eigenvalue weighted by molar-refractivity contribution is 5.45. The van der Waals surface area contributed by atoms with E-state index in [0.717, 1.165) is 11.6 Å². The van der Waals surface area contributed by atoms with Gasteiger partial charge in [-0.1, -0.05) is 48.5 Å². The molecule has 0 fully saturated rings. The Bertz CT molecular complexity index is 405. The summed E-state index contributed by atoms with van der Waals surface area (Å²) >= 11 is 0. The smallest absolute Gasteiger partial charge is 0.129 e. The molecule has 2 heteroatoms. The number of hydrogen-bond acceptors (Lipinski definition) is 0. The first-order valence-electron chi connectivity index (χ1n) is 6.59. The molecule has 0 unspecified atom stereocenters. The maximum atomic E-state index is 14.1. The molecule has 0 aliphatic heterocycles. The minimum absolute atomic E-state index is 0.0531. The lowest BCUT2D eigenvalue weighted by atomic mass is 9.75. The van der Waals surface area contributed by atoms with Crippen molar-refractivity contribution in [2.75, 3.05) is 0 Å². The molecule has 0 radical (unpaired) electrons. The molecule has 0 atom stereocenters. The highest BCUT2D eigenvalue weighted by Crippen LogP contribution is 2.39. The van der Waals surface area contributed by atoms with Gasteiger partial charge in [0.25, 0.3) is 0 Å². The van der Waals surface area contributed by atoms with Crippen LogP contribution in [0.15, 0.2) is 6.07 Å². The lowest BCUT2D eigenvalue weighted by molar-refractivity contribution is 0.502. The van der Waals surface area contributed by atoms with Crippen LogP contribution in [0.5, 0.6) is 0 Å². The van der Waals surface area contributed by atoms with Gasteiger partial charge in [-0.15, -0.1) is 0 Å². The fraction of sp³-hybridized carbons (Fsp3) is 0.625. The molecule has 0 heterocycles. The third kappa shape index (κ3) is 2.73. The Morgan fingerprint density at radius 3 is 1.39 bits per heavy atom. The average Bonchev–Trinajstić information content (AvgIpc) is 2.13. The van der Waals surface area contributed by atoms with Crippen LogP contribution in [0.25, 0.3) is 0 Å². The molecule has 0 amide bonds. The summed E-state index contributed by atoms with van der Waals surface area (Å²) in [6.07, 6.45) is 0. The van der Waals surface area contributed by atoms with Gasteiger partial charge in [-0.25, -0.2) is 8.78 Å². The molecule has 0 spiro atoms. The maximum absolute atomic E-state index is 14.1. The number of benzene rings is 1. The minimum Gasteiger partial charge on any atom is -0.207 e. The maximum Gasteiger partial charge on any atom is 0.129 e. The highest BCUT2D eigenvalue weighted by atomic mass is 19.1. The Morgan fingerprint density at radius 2 is 1.17 bits per heavy atom. The van der Waals surface area contributed by atoms with Crippen molar-refractivity contribution in [2.45, 2.75) is 65.7 Å². The molecular formula is C16H24F2. The summed E-state index contributed by atoms with van der Waals surface area (Å²) in [4.78, 5) is 0. The zero-order valence-electron chi connectivity index (χ0n) is 12.5. The van der Waals surface area contributed by atoms with E-state index in [1.807, 2.05) is 48.5 Å². The summed E-state index contributed by atoms with van der Waals surface area (Å²) in [6, 6.07) is 1.04. The molecule has 0 aliphatic rings. The Kier molecular flexibility index (Phi) is 4.19. The van der Waals surface area contributed by atoms with E-state index in [0.29, 0.717) is 11.1 Å². The molecular weight excluding hydrogens is 230 g/mol. The van der Waals surface area contributed by atoms with E-state index in [9.17, 15) is 8.78 Å². The molecule has 0 aromatic heterocycles.